The molecule has 0 bridgehead atoms. The standard InChI is InChI=1S/C15H12FN3O2S2/c1-8-13(23-9(2)17-8)14-18-19-15(21-14)22-7-12(20)10-5-3-4-6-11(10)16/h3-6H,7H2,1-2H3. The Hall–Kier alpha value is -2.06. The molecule has 5 nitrogen and oxygen atoms in total. The number of thiazole rings is 1. The molecule has 118 valence electrons. The van der Waals surface area contributed by atoms with Gasteiger partial charge in [0, 0.05) is 0 Å². The Morgan fingerprint density at radius 1 is 1.30 bits per heavy atom. The number of aryl methyl sites for hydroxylation is 2. The van der Waals surface area contributed by atoms with Gasteiger partial charge in [-0.1, -0.05) is 23.9 Å². The summed E-state index contributed by atoms with van der Waals surface area (Å²) in [4.78, 5) is 17.1. The fraction of sp³-hybridized carbons (Fsp3) is 0.200. The van der Waals surface area contributed by atoms with Crippen LogP contribution in [-0.4, -0.2) is 26.7 Å². The van der Waals surface area contributed by atoms with E-state index in [0.29, 0.717) is 5.89 Å². The molecular formula is C15H12FN3O2S2. The molecule has 0 fully saturated rings. The van der Waals surface area contributed by atoms with Crippen molar-refractivity contribution in [3.05, 3.63) is 46.3 Å². The van der Waals surface area contributed by atoms with Crippen LogP contribution in [0.5, 0.6) is 0 Å². The highest BCUT2D eigenvalue weighted by molar-refractivity contribution is 7.99. The topological polar surface area (TPSA) is 68.9 Å². The number of carbonyl (C=O) groups excluding carboxylic acids is 1. The Morgan fingerprint density at radius 2 is 2.09 bits per heavy atom. The van der Waals surface area contributed by atoms with Crippen LogP contribution in [0.3, 0.4) is 0 Å². The van der Waals surface area contributed by atoms with Crippen LogP contribution < -0.4 is 0 Å². The molecule has 8 heteroatoms. The number of nitrogens with zero attached hydrogens (tertiary/aromatic N) is 3. The van der Waals surface area contributed by atoms with E-state index in [1.54, 1.807) is 12.1 Å². The summed E-state index contributed by atoms with van der Waals surface area (Å²) < 4.78 is 19.1. The first kappa shape index (κ1) is 15.8. The Kier molecular flexibility index (Phi) is 4.53. The van der Waals surface area contributed by atoms with Crippen LogP contribution in [0.15, 0.2) is 33.9 Å². The van der Waals surface area contributed by atoms with E-state index >= 15 is 0 Å². The van der Waals surface area contributed by atoms with Gasteiger partial charge in [0.15, 0.2) is 5.78 Å². The summed E-state index contributed by atoms with van der Waals surface area (Å²) in [5.74, 6) is -0.435. The minimum Gasteiger partial charge on any atom is -0.410 e. The monoisotopic (exact) mass is 349 g/mol. The van der Waals surface area contributed by atoms with E-state index in [1.165, 1.54) is 23.5 Å². The molecule has 2 heterocycles. The van der Waals surface area contributed by atoms with Gasteiger partial charge in [-0.3, -0.25) is 4.79 Å². The zero-order valence-corrected chi connectivity index (χ0v) is 14.0. The quantitative estimate of drug-likeness (QED) is 0.514. The van der Waals surface area contributed by atoms with Crippen LogP contribution in [0.4, 0.5) is 4.39 Å². The Bertz CT molecular complexity index is 860. The molecule has 0 saturated carbocycles. The van der Waals surface area contributed by atoms with Crippen molar-refractivity contribution in [2.75, 3.05) is 5.75 Å². The molecule has 1 aromatic carbocycles. The van der Waals surface area contributed by atoms with Crippen molar-refractivity contribution in [3.8, 4) is 10.8 Å². The van der Waals surface area contributed by atoms with Crippen LogP contribution in [0, 0.1) is 19.7 Å². The van der Waals surface area contributed by atoms with Crippen molar-refractivity contribution in [2.45, 2.75) is 19.1 Å². The lowest BCUT2D eigenvalue weighted by molar-refractivity contribution is 0.101. The molecule has 3 rings (SSSR count). The fourth-order valence-electron chi connectivity index (χ4n) is 1.98. The van der Waals surface area contributed by atoms with E-state index in [2.05, 4.69) is 15.2 Å². The molecule has 3 aromatic rings. The molecule has 0 spiro atoms. The molecule has 0 amide bonds. The van der Waals surface area contributed by atoms with Crippen molar-refractivity contribution < 1.29 is 13.6 Å². The highest BCUT2D eigenvalue weighted by Gasteiger charge is 2.17. The number of halogens is 1. The van der Waals surface area contributed by atoms with Gasteiger partial charge < -0.3 is 4.42 Å². The molecule has 0 aliphatic rings. The van der Waals surface area contributed by atoms with Gasteiger partial charge in [0.1, 0.15) is 10.7 Å². The first-order valence-electron chi connectivity index (χ1n) is 6.73. The molecule has 0 aliphatic heterocycles. The summed E-state index contributed by atoms with van der Waals surface area (Å²) in [6.45, 7) is 3.78. The average Bonchev–Trinajstić information content (AvgIpc) is 3.11. The van der Waals surface area contributed by atoms with E-state index in [1.807, 2.05) is 13.8 Å². The van der Waals surface area contributed by atoms with Crippen molar-refractivity contribution in [1.82, 2.24) is 15.2 Å². The maximum absolute atomic E-state index is 13.6. The number of hydrogen-bond acceptors (Lipinski definition) is 7. The lowest BCUT2D eigenvalue weighted by Crippen LogP contribution is -2.04. The summed E-state index contributed by atoms with van der Waals surface area (Å²) in [6.07, 6.45) is 0. The second-order valence-electron chi connectivity index (χ2n) is 4.71. The van der Waals surface area contributed by atoms with E-state index in [-0.39, 0.29) is 22.3 Å². The molecule has 0 saturated heterocycles. The van der Waals surface area contributed by atoms with Gasteiger partial charge in [-0.2, -0.15) is 0 Å². The Labute approximate surface area is 140 Å². The number of aromatic nitrogens is 3. The SMILES string of the molecule is Cc1nc(C)c(-c2nnc(SCC(=O)c3ccccc3F)o2)s1. The Balaban J connectivity index is 1.69. The molecule has 2 aromatic heterocycles. The second-order valence-corrected chi connectivity index (χ2v) is 6.84. The van der Waals surface area contributed by atoms with Crippen molar-refractivity contribution >= 4 is 28.9 Å². The first-order chi connectivity index (χ1) is 11.0. The lowest BCUT2D eigenvalue weighted by atomic mass is 10.1. The van der Waals surface area contributed by atoms with Crippen LogP contribution in [0.25, 0.3) is 10.8 Å². The predicted molar refractivity (Wildman–Crippen MR) is 86.3 cm³/mol. The van der Waals surface area contributed by atoms with Crippen LogP contribution in [0.2, 0.25) is 0 Å². The third-order valence-corrected chi connectivity index (χ3v) is 4.88. The zero-order valence-electron chi connectivity index (χ0n) is 12.4. The van der Waals surface area contributed by atoms with Crippen LogP contribution in [0.1, 0.15) is 21.1 Å². The third kappa shape index (κ3) is 3.48. The van der Waals surface area contributed by atoms with Crippen LogP contribution in [-0.2, 0) is 0 Å². The summed E-state index contributed by atoms with van der Waals surface area (Å²) in [6, 6.07) is 5.89. The number of Topliss-reactive ketones (excluding diaryl/α,β-unsaturated/α-hetero) is 1. The largest absolute Gasteiger partial charge is 0.410 e. The molecule has 0 N–H and O–H groups in total. The molecule has 0 unspecified atom stereocenters. The minimum absolute atomic E-state index is 0.0310. The lowest BCUT2D eigenvalue weighted by Gasteiger charge is -1.99. The number of ketones is 1. The van der Waals surface area contributed by atoms with Crippen molar-refractivity contribution in [3.63, 3.8) is 0 Å². The van der Waals surface area contributed by atoms with E-state index in [4.69, 9.17) is 4.42 Å². The van der Waals surface area contributed by atoms with Gasteiger partial charge in [-0.15, -0.1) is 21.5 Å². The second kappa shape index (κ2) is 6.59. The summed E-state index contributed by atoms with van der Waals surface area (Å²) in [5.41, 5.74) is 0.892. The van der Waals surface area contributed by atoms with Gasteiger partial charge >= 0.3 is 0 Å². The van der Waals surface area contributed by atoms with Gasteiger partial charge in [0.05, 0.1) is 22.0 Å². The minimum atomic E-state index is -0.528. The van der Waals surface area contributed by atoms with E-state index in [9.17, 15) is 9.18 Å². The third-order valence-electron chi connectivity index (χ3n) is 3.01. The van der Waals surface area contributed by atoms with Gasteiger partial charge in [-0.25, -0.2) is 9.37 Å². The van der Waals surface area contributed by atoms with Gasteiger partial charge in [0.2, 0.25) is 0 Å². The summed E-state index contributed by atoms with van der Waals surface area (Å²) in [5, 5.41) is 9.08. The number of thioether (sulfide) groups is 1. The maximum atomic E-state index is 13.6. The maximum Gasteiger partial charge on any atom is 0.277 e. The average molecular weight is 349 g/mol. The normalized spacial score (nSPS) is 10.9. The Morgan fingerprint density at radius 3 is 2.78 bits per heavy atom. The number of benzene rings is 1. The number of carbonyl (C=O) groups is 1. The van der Waals surface area contributed by atoms with E-state index in [0.717, 1.165) is 27.3 Å². The predicted octanol–water partition coefficient (Wildman–Crippen LogP) is 3.92. The van der Waals surface area contributed by atoms with Crippen molar-refractivity contribution in [1.29, 1.82) is 0 Å². The van der Waals surface area contributed by atoms with Crippen molar-refractivity contribution in [2.24, 2.45) is 0 Å². The van der Waals surface area contributed by atoms with E-state index < -0.39 is 5.82 Å². The van der Waals surface area contributed by atoms with Gasteiger partial charge in [-0.05, 0) is 26.0 Å². The fourth-order valence-corrected chi connectivity index (χ4v) is 3.47. The number of rotatable bonds is 5. The first-order valence-corrected chi connectivity index (χ1v) is 8.53. The highest BCUT2D eigenvalue weighted by atomic mass is 32.2. The molecule has 0 radical (unpaired) electrons. The zero-order chi connectivity index (χ0) is 16.4. The summed E-state index contributed by atoms with van der Waals surface area (Å²) >= 11 is 2.56. The van der Waals surface area contributed by atoms with Gasteiger partial charge in [0.25, 0.3) is 11.1 Å². The molecule has 0 aliphatic carbocycles. The smallest absolute Gasteiger partial charge is 0.277 e. The molecular weight excluding hydrogens is 337 g/mol. The highest BCUT2D eigenvalue weighted by Crippen LogP contribution is 2.30. The van der Waals surface area contributed by atoms with Crippen LogP contribution >= 0.6 is 23.1 Å². The molecule has 0 atom stereocenters. The number of hydrogen-bond donors (Lipinski definition) is 0. The summed E-state index contributed by atoms with van der Waals surface area (Å²) in [7, 11) is 0. The molecule has 23 heavy (non-hydrogen) atoms.